The van der Waals surface area contributed by atoms with E-state index in [-0.39, 0.29) is 19.6 Å². The van der Waals surface area contributed by atoms with Crippen molar-refractivity contribution in [3.63, 3.8) is 0 Å². The lowest BCUT2D eigenvalue weighted by atomic mass is 9.87. The fraction of sp³-hybridized carbons (Fsp3) is 0.812. The third-order valence-corrected chi connectivity index (χ3v) is 5.71. The van der Waals surface area contributed by atoms with E-state index in [9.17, 15) is 18.9 Å². The van der Waals surface area contributed by atoms with E-state index in [1.807, 2.05) is 0 Å². The number of phosphoric ester groups is 1. The van der Waals surface area contributed by atoms with Gasteiger partial charge in [0.05, 0.1) is 20.1 Å². The molecule has 0 saturated carbocycles. The first-order chi connectivity index (χ1) is 13.7. The van der Waals surface area contributed by atoms with Gasteiger partial charge in [0.2, 0.25) is 12.7 Å². The molecule has 2 rings (SSSR count). The maximum Gasteiger partial charge on any atom is 0.478 e. The van der Waals surface area contributed by atoms with Crippen molar-refractivity contribution in [1.82, 2.24) is 16.0 Å². The second kappa shape index (κ2) is 10.5. The molecule has 2 unspecified atom stereocenters. The Morgan fingerprint density at radius 1 is 1.28 bits per heavy atom. The van der Waals surface area contributed by atoms with Crippen molar-refractivity contribution in [2.24, 2.45) is 5.41 Å². The van der Waals surface area contributed by atoms with E-state index in [2.05, 4.69) is 20.7 Å². The number of carbonyl (C=O) groups is 3. The molecule has 2 heterocycles. The van der Waals surface area contributed by atoms with Crippen LogP contribution in [0.5, 0.6) is 0 Å². The van der Waals surface area contributed by atoms with Crippen LogP contribution in [-0.2, 0) is 42.0 Å². The van der Waals surface area contributed by atoms with Crippen molar-refractivity contribution in [3.05, 3.63) is 0 Å². The van der Waals surface area contributed by atoms with Crippen molar-refractivity contribution in [2.75, 3.05) is 46.7 Å². The summed E-state index contributed by atoms with van der Waals surface area (Å²) in [6.07, 6.45) is -1.17. The van der Waals surface area contributed by atoms with E-state index in [0.717, 1.165) is 6.54 Å². The van der Waals surface area contributed by atoms with Crippen LogP contribution in [0, 0.1) is 5.41 Å². The van der Waals surface area contributed by atoms with Gasteiger partial charge in [-0.25, -0.2) is 9.09 Å². The zero-order valence-electron chi connectivity index (χ0n) is 16.7. The number of carbonyl (C=O) groups excluding carboxylic acids is 3. The van der Waals surface area contributed by atoms with Crippen LogP contribution in [0.25, 0.3) is 0 Å². The molecule has 0 aliphatic carbocycles. The van der Waals surface area contributed by atoms with Gasteiger partial charge in [-0.05, 0) is 0 Å². The van der Waals surface area contributed by atoms with Crippen molar-refractivity contribution in [3.8, 4) is 0 Å². The molecule has 2 aliphatic rings. The van der Waals surface area contributed by atoms with Crippen molar-refractivity contribution in [2.45, 2.75) is 32.4 Å². The Hall–Kier alpha value is -1.56. The second-order valence-electron chi connectivity index (χ2n) is 7.23. The SMILES string of the molecule is COC(=O)CCNC(=O)[C@@H]1OP(=O)(OCOC(=O)C2CNCCN2)OCC1(C)C. The number of piperazine rings is 1. The van der Waals surface area contributed by atoms with Gasteiger partial charge in [0.25, 0.3) is 0 Å². The Bertz CT molecular complexity index is 652. The van der Waals surface area contributed by atoms with Crippen LogP contribution in [-0.4, -0.2) is 76.7 Å². The number of amides is 1. The summed E-state index contributed by atoms with van der Waals surface area (Å²) in [4.78, 5) is 35.5. The summed E-state index contributed by atoms with van der Waals surface area (Å²) in [5.41, 5.74) is -0.805. The number of hydrogen-bond acceptors (Lipinski definition) is 11. The second-order valence-corrected chi connectivity index (χ2v) is 8.85. The van der Waals surface area contributed by atoms with Gasteiger partial charge in [0.1, 0.15) is 6.04 Å². The third kappa shape index (κ3) is 7.02. The molecule has 3 N–H and O–H groups in total. The van der Waals surface area contributed by atoms with Gasteiger partial charge in [-0.1, -0.05) is 13.8 Å². The lowest BCUT2D eigenvalue weighted by Crippen LogP contribution is -2.53. The molecule has 2 fully saturated rings. The lowest BCUT2D eigenvalue weighted by molar-refractivity contribution is -0.158. The lowest BCUT2D eigenvalue weighted by Gasteiger charge is -2.39. The number of methoxy groups -OCH3 is 1. The number of hydrogen-bond donors (Lipinski definition) is 3. The Kier molecular flexibility index (Phi) is 8.56. The molecular weight excluding hydrogens is 409 g/mol. The highest BCUT2D eigenvalue weighted by Gasteiger charge is 2.49. The predicted molar refractivity (Wildman–Crippen MR) is 98.6 cm³/mol. The third-order valence-electron chi connectivity index (χ3n) is 4.37. The standard InChI is InChI=1S/C16H28N3O9P/c1-16(2)9-26-29(23,27-10-25-15(22)11-8-17-6-7-18-11)28-13(16)14(21)19-5-4-12(20)24-3/h11,13,17-18H,4-10H2,1-3H3,(H,19,21)/t11?,13-,29?/m0/s1. The number of nitrogens with one attached hydrogen (secondary N) is 3. The molecule has 0 radical (unpaired) electrons. The first-order valence-corrected chi connectivity index (χ1v) is 10.7. The average molecular weight is 437 g/mol. The number of ether oxygens (including phenoxy) is 2. The topological polar surface area (TPSA) is 151 Å². The van der Waals surface area contributed by atoms with Gasteiger partial charge >= 0.3 is 19.8 Å². The minimum Gasteiger partial charge on any atom is -0.469 e. The number of phosphoric acid groups is 1. The summed E-state index contributed by atoms with van der Waals surface area (Å²) in [5.74, 6) is -1.62. The van der Waals surface area contributed by atoms with Crippen LogP contribution in [0.2, 0.25) is 0 Å². The fourth-order valence-electron chi connectivity index (χ4n) is 2.65. The van der Waals surface area contributed by atoms with Crippen LogP contribution in [0.15, 0.2) is 0 Å². The summed E-state index contributed by atoms with van der Waals surface area (Å²) in [6, 6.07) is -0.534. The normalized spacial score (nSPS) is 28.9. The zero-order valence-corrected chi connectivity index (χ0v) is 17.6. The van der Waals surface area contributed by atoms with Crippen LogP contribution < -0.4 is 16.0 Å². The van der Waals surface area contributed by atoms with E-state index in [4.69, 9.17) is 18.3 Å². The monoisotopic (exact) mass is 437 g/mol. The van der Waals surface area contributed by atoms with Gasteiger partial charge in [0, 0.05) is 31.6 Å². The number of esters is 2. The molecule has 2 aliphatic heterocycles. The summed E-state index contributed by atoms with van der Waals surface area (Å²) < 4.78 is 37.7. The molecule has 0 bridgehead atoms. The van der Waals surface area contributed by atoms with Gasteiger partial charge in [-0.3, -0.25) is 23.4 Å². The van der Waals surface area contributed by atoms with E-state index in [1.54, 1.807) is 13.8 Å². The summed E-state index contributed by atoms with van der Waals surface area (Å²) in [6.45, 7) is 4.47. The molecule has 0 spiro atoms. The average Bonchev–Trinajstić information content (AvgIpc) is 2.70. The zero-order chi connectivity index (χ0) is 21.5. The quantitative estimate of drug-likeness (QED) is 0.251. The Labute approximate surface area is 168 Å². The molecule has 13 heteroatoms. The highest BCUT2D eigenvalue weighted by Crippen LogP contribution is 2.57. The van der Waals surface area contributed by atoms with Crippen molar-refractivity contribution in [1.29, 1.82) is 0 Å². The smallest absolute Gasteiger partial charge is 0.469 e. The molecule has 2 saturated heterocycles. The fourth-order valence-corrected chi connectivity index (χ4v) is 4.15. The molecule has 0 aromatic carbocycles. The summed E-state index contributed by atoms with van der Waals surface area (Å²) in [5, 5.41) is 8.54. The first-order valence-electron chi connectivity index (χ1n) is 9.20. The highest BCUT2D eigenvalue weighted by atomic mass is 31.2. The van der Waals surface area contributed by atoms with Gasteiger partial charge in [0.15, 0.2) is 6.10 Å². The van der Waals surface area contributed by atoms with Crippen LogP contribution >= 0.6 is 7.82 Å². The minimum absolute atomic E-state index is 0.0138. The van der Waals surface area contributed by atoms with Crippen LogP contribution in [0.1, 0.15) is 20.3 Å². The largest absolute Gasteiger partial charge is 0.478 e. The summed E-state index contributed by atoms with van der Waals surface area (Å²) >= 11 is 0. The maximum absolute atomic E-state index is 12.7. The molecule has 166 valence electrons. The van der Waals surface area contributed by atoms with E-state index >= 15 is 0 Å². The molecule has 1 amide bonds. The van der Waals surface area contributed by atoms with Crippen molar-refractivity contribution < 1.29 is 42.0 Å². The van der Waals surface area contributed by atoms with E-state index < -0.39 is 50.0 Å². The predicted octanol–water partition coefficient (Wildman–Crippen LogP) is -0.706. The van der Waals surface area contributed by atoms with Gasteiger partial charge in [-0.2, -0.15) is 0 Å². The van der Waals surface area contributed by atoms with Gasteiger partial charge < -0.3 is 25.4 Å². The highest BCUT2D eigenvalue weighted by molar-refractivity contribution is 7.48. The molecule has 12 nitrogen and oxygen atoms in total. The molecule has 29 heavy (non-hydrogen) atoms. The Morgan fingerprint density at radius 2 is 2.03 bits per heavy atom. The molecular formula is C16H28N3O9P. The minimum atomic E-state index is -4.12. The summed E-state index contributed by atoms with van der Waals surface area (Å²) in [7, 11) is -2.88. The van der Waals surface area contributed by atoms with E-state index in [0.29, 0.717) is 13.1 Å². The van der Waals surface area contributed by atoms with Gasteiger partial charge in [-0.15, -0.1) is 0 Å². The Morgan fingerprint density at radius 3 is 2.69 bits per heavy atom. The Balaban J connectivity index is 1.85. The van der Waals surface area contributed by atoms with Crippen molar-refractivity contribution >= 4 is 25.7 Å². The molecule has 0 aromatic heterocycles. The first kappa shape index (κ1) is 23.7. The maximum atomic E-state index is 12.7. The van der Waals surface area contributed by atoms with Crippen LogP contribution in [0.3, 0.4) is 0 Å². The molecule has 3 atom stereocenters. The number of rotatable bonds is 8. The van der Waals surface area contributed by atoms with E-state index in [1.165, 1.54) is 7.11 Å². The van der Waals surface area contributed by atoms with Crippen LogP contribution in [0.4, 0.5) is 0 Å². The molecule has 0 aromatic rings.